The standard InChI is InChI=1S/C25H28F4N4O2/c1-15-20(6-7-21(23(15)26)33-10-8-18(9-11-33)25(27,28)29)32-19-4-2-16(3-5-19)13-31-24(35)17-12-22(34)30-14-17/h2-7,17-18,32H,8-14H2,1H3,(H,30,34)(H,31,35). The van der Waals surface area contributed by atoms with E-state index >= 15 is 4.39 Å². The summed E-state index contributed by atoms with van der Waals surface area (Å²) in [6, 6.07) is 10.6. The van der Waals surface area contributed by atoms with E-state index < -0.39 is 17.9 Å². The zero-order valence-corrected chi connectivity index (χ0v) is 19.3. The van der Waals surface area contributed by atoms with Gasteiger partial charge >= 0.3 is 6.18 Å². The van der Waals surface area contributed by atoms with Crippen molar-refractivity contribution in [3.05, 3.63) is 53.3 Å². The van der Waals surface area contributed by atoms with Crippen LogP contribution in [0.5, 0.6) is 0 Å². The lowest BCUT2D eigenvalue weighted by molar-refractivity contribution is -0.179. The van der Waals surface area contributed by atoms with Crippen LogP contribution in [0.3, 0.4) is 0 Å². The van der Waals surface area contributed by atoms with Crippen molar-refractivity contribution in [2.24, 2.45) is 11.8 Å². The first kappa shape index (κ1) is 24.8. The Morgan fingerprint density at radius 3 is 2.40 bits per heavy atom. The van der Waals surface area contributed by atoms with Crippen molar-refractivity contribution >= 4 is 28.9 Å². The number of benzene rings is 2. The van der Waals surface area contributed by atoms with Crippen LogP contribution < -0.4 is 20.9 Å². The number of hydrogen-bond acceptors (Lipinski definition) is 4. The van der Waals surface area contributed by atoms with Gasteiger partial charge in [0.1, 0.15) is 0 Å². The van der Waals surface area contributed by atoms with Gasteiger partial charge in [-0.05, 0) is 49.6 Å². The average Bonchev–Trinajstić information content (AvgIpc) is 3.27. The molecule has 0 bridgehead atoms. The van der Waals surface area contributed by atoms with Crippen molar-refractivity contribution in [2.75, 3.05) is 29.9 Å². The molecular weight excluding hydrogens is 464 g/mol. The molecule has 2 heterocycles. The summed E-state index contributed by atoms with van der Waals surface area (Å²) in [5, 5.41) is 8.64. The summed E-state index contributed by atoms with van der Waals surface area (Å²) in [6.07, 6.45) is -4.08. The van der Waals surface area contributed by atoms with Crippen LogP contribution in [0.2, 0.25) is 0 Å². The van der Waals surface area contributed by atoms with Crippen LogP contribution in [0.25, 0.3) is 0 Å². The Bertz CT molecular complexity index is 1080. The molecule has 2 aliphatic heterocycles. The molecule has 2 aromatic carbocycles. The number of piperidine rings is 1. The van der Waals surface area contributed by atoms with Gasteiger partial charge in [0.05, 0.1) is 17.5 Å². The molecule has 0 radical (unpaired) electrons. The topological polar surface area (TPSA) is 73.5 Å². The van der Waals surface area contributed by atoms with Crippen molar-refractivity contribution in [2.45, 2.75) is 38.9 Å². The molecule has 2 saturated heterocycles. The minimum Gasteiger partial charge on any atom is -0.369 e. The number of halogens is 4. The summed E-state index contributed by atoms with van der Waals surface area (Å²) in [7, 11) is 0. The quantitative estimate of drug-likeness (QED) is 0.523. The fraction of sp³-hybridized carbons (Fsp3) is 0.440. The molecule has 0 spiro atoms. The zero-order valence-electron chi connectivity index (χ0n) is 19.3. The van der Waals surface area contributed by atoms with Crippen LogP contribution in [0.15, 0.2) is 36.4 Å². The summed E-state index contributed by atoms with van der Waals surface area (Å²) < 4.78 is 53.9. The molecule has 35 heavy (non-hydrogen) atoms. The predicted octanol–water partition coefficient (Wildman–Crippen LogP) is 4.41. The number of hydrogen-bond donors (Lipinski definition) is 3. The maximum absolute atomic E-state index is 15.1. The molecule has 6 nitrogen and oxygen atoms in total. The molecule has 1 atom stereocenters. The van der Waals surface area contributed by atoms with Gasteiger partial charge in [-0.25, -0.2) is 4.39 Å². The highest BCUT2D eigenvalue weighted by Gasteiger charge is 2.41. The molecular formula is C25H28F4N4O2. The first-order chi connectivity index (χ1) is 16.6. The normalized spacial score (nSPS) is 18.9. The van der Waals surface area contributed by atoms with Gasteiger partial charge in [-0.2, -0.15) is 13.2 Å². The second-order valence-electron chi connectivity index (χ2n) is 9.12. The smallest absolute Gasteiger partial charge is 0.369 e. The molecule has 10 heteroatoms. The summed E-state index contributed by atoms with van der Waals surface area (Å²) in [5.41, 5.74) is 2.87. The van der Waals surface area contributed by atoms with Crippen LogP contribution in [-0.4, -0.2) is 37.6 Å². The number of anilines is 3. The van der Waals surface area contributed by atoms with E-state index in [0.717, 1.165) is 11.3 Å². The van der Waals surface area contributed by atoms with Crippen LogP contribution in [0.1, 0.15) is 30.4 Å². The highest BCUT2D eigenvalue weighted by molar-refractivity contribution is 5.89. The fourth-order valence-corrected chi connectivity index (χ4v) is 4.48. The van der Waals surface area contributed by atoms with E-state index in [9.17, 15) is 22.8 Å². The van der Waals surface area contributed by atoms with E-state index in [-0.39, 0.29) is 50.1 Å². The van der Waals surface area contributed by atoms with Gasteiger partial charge in [-0.1, -0.05) is 12.1 Å². The average molecular weight is 493 g/mol. The SMILES string of the molecule is Cc1c(Nc2ccc(CNC(=O)C3CNC(=O)C3)cc2)ccc(N2CCC(C(F)(F)F)CC2)c1F. The molecule has 2 fully saturated rings. The zero-order chi connectivity index (χ0) is 25.2. The minimum absolute atomic E-state index is 0.0372. The number of nitrogens with zero attached hydrogens (tertiary/aromatic N) is 1. The summed E-state index contributed by atoms with van der Waals surface area (Å²) in [5.74, 6) is -2.41. The third kappa shape index (κ3) is 5.86. The summed E-state index contributed by atoms with van der Waals surface area (Å²) >= 11 is 0. The number of alkyl halides is 3. The van der Waals surface area contributed by atoms with Crippen molar-refractivity contribution < 1.29 is 27.2 Å². The van der Waals surface area contributed by atoms with E-state index in [1.165, 1.54) is 0 Å². The predicted molar refractivity (Wildman–Crippen MR) is 125 cm³/mol. The highest BCUT2D eigenvalue weighted by atomic mass is 19.4. The number of nitrogens with one attached hydrogen (secondary N) is 3. The Kier molecular flexibility index (Phi) is 7.18. The van der Waals surface area contributed by atoms with E-state index in [1.807, 2.05) is 24.3 Å². The first-order valence-corrected chi connectivity index (χ1v) is 11.6. The third-order valence-corrected chi connectivity index (χ3v) is 6.71. The van der Waals surface area contributed by atoms with E-state index in [1.54, 1.807) is 24.0 Å². The van der Waals surface area contributed by atoms with Crippen LogP contribution in [-0.2, 0) is 16.1 Å². The first-order valence-electron chi connectivity index (χ1n) is 11.6. The molecule has 1 unspecified atom stereocenters. The van der Waals surface area contributed by atoms with Gasteiger partial charge < -0.3 is 20.9 Å². The summed E-state index contributed by atoms with van der Waals surface area (Å²) in [4.78, 5) is 25.1. The van der Waals surface area contributed by atoms with Crippen molar-refractivity contribution in [1.29, 1.82) is 0 Å². The molecule has 0 aliphatic carbocycles. The van der Waals surface area contributed by atoms with Crippen molar-refractivity contribution in [1.82, 2.24) is 10.6 Å². The number of amides is 2. The number of carbonyl (C=O) groups excluding carboxylic acids is 2. The summed E-state index contributed by atoms with van der Waals surface area (Å²) in [6.45, 7) is 2.65. The van der Waals surface area contributed by atoms with Crippen molar-refractivity contribution in [3.63, 3.8) is 0 Å². The highest BCUT2D eigenvalue weighted by Crippen LogP contribution is 2.37. The van der Waals surface area contributed by atoms with Crippen LogP contribution in [0, 0.1) is 24.6 Å². The van der Waals surface area contributed by atoms with Gasteiger partial charge in [-0.3, -0.25) is 9.59 Å². The Hall–Kier alpha value is -3.30. The van der Waals surface area contributed by atoms with Crippen LogP contribution in [0.4, 0.5) is 34.6 Å². The van der Waals surface area contributed by atoms with E-state index in [4.69, 9.17) is 0 Å². The number of rotatable bonds is 6. The largest absolute Gasteiger partial charge is 0.391 e. The molecule has 4 rings (SSSR count). The Morgan fingerprint density at radius 1 is 1.11 bits per heavy atom. The van der Waals surface area contributed by atoms with Gasteiger partial charge in [0.15, 0.2) is 5.82 Å². The fourth-order valence-electron chi connectivity index (χ4n) is 4.48. The van der Waals surface area contributed by atoms with E-state index in [2.05, 4.69) is 16.0 Å². The number of carbonyl (C=O) groups is 2. The molecule has 3 N–H and O–H groups in total. The monoisotopic (exact) mass is 492 g/mol. The molecule has 2 aromatic rings. The van der Waals surface area contributed by atoms with Crippen LogP contribution >= 0.6 is 0 Å². The second kappa shape index (κ2) is 10.1. The Morgan fingerprint density at radius 2 is 1.80 bits per heavy atom. The maximum Gasteiger partial charge on any atom is 0.391 e. The molecule has 2 amide bonds. The Balaban J connectivity index is 1.34. The lowest BCUT2D eigenvalue weighted by Crippen LogP contribution is -2.39. The van der Waals surface area contributed by atoms with E-state index in [0.29, 0.717) is 30.0 Å². The molecule has 0 saturated carbocycles. The Labute approximate surface area is 201 Å². The molecule has 2 aliphatic rings. The third-order valence-electron chi connectivity index (χ3n) is 6.71. The van der Waals surface area contributed by atoms with Crippen molar-refractivity contribution in [3.8, 4) is 0 Å². The van der Waals surface area contributed by atoms with Gasteiger partial charge in [0.2, 0.25) is 11.8 Å². The second-order valence-corrected chi connectivity index (χ2v) is 9.12. The molecule has 0 aromatic heterocycles. The van der Waals surface area contributed by atoms with Gasteiger partial charge in [0.25, 0.3) is 0 Å². The maximum atomic E-state index is 15.1. The van der Waals surface area contributed by atoms with Gasteiger partial charge in [0, 0.05) is 49.5 Å². The molecule has 188 valence electrons. The lowest BCUT2D eigenvalue weighted by Gasteiger charge is -2.35. The lowest BCUT2D eigenvalue weighted by atomic mass is 9.95. The minimum atomic E-state index is -4.21. The van der Waals surface area contributed by atoms with Gasteiger partial charge in [-0.15, -0.1) is 0 Å².